The average molecular weight is 318 g/mol. The Bertz CT molecular complexity index is 621. The summed E-state index contributed by atoms with van der Waals surface area (Å²) in [4.78, 5) is 4.18. The Hall–Kier alpha value is -1.73. The second-order valence-corrected chi connectivity index (χ2v) is 4.65. The van der Waals surface area contributed by atoms with Crippen LogP contribution in [0.25, 0.3) is 11.4 Å². The SMILES string of the molecule is COc1ccccc1-c1noc(C2CC(F)(F)CN2)n1.Cl. The third-order valence-corrected chi connectivity index (χ3v) is 3.20. The van der Waals surface area contributed by atoms with Crippen molar-refractivity contribution in [1.29, 1.82) is 0 Å². The van der Waals surface area contributed by atoms with Gasteiger partial charge >= 0.3 is 0 Å². The average Bonchev–Trinajstić information content (AvgIpc) is 3.05. The summed E-state index contributed by atoms with van der Waals surface area (Å²) in [5.74, 6) is -1.63. The van der Waals surface area contributed by atoms with E-state index in [9.17, 15) is 8.78 Å². The van der Waals surface area contributed by atoms with Gasteiger partial charge in [0.25, 0.3) is 5.92 Å². The second-order valence-electron chi connectivity index (χ2n) is 4.65. The van der Waals surface area contributed by atoms with Crippen LogP contribution < -0.4 is 10.1 Å². The molecule has 0 saturated carbocycles. The van der Waals surface area contributed by atoms with Crippen LogP contribution in [0.4, 0.5) is 8.78 Å². The standard InChI is InChI=1S/C13H13F2N3O2.ClH/c1-19-10-5-3-2-4-8(10)11-17-12(20-18-11)9-6-13(14,15)7-16-9;/h2-5,9,16H,6-7H2,1H3;1H. The number of hydrogen-bond acceptors (Lipinski definition) is 5. The Kier molecular flexibility index (Phi) is 4.43. The summed E-state index contributed by atoms with van der Waals surface area (Å²) in [6, 6.07) is 6.58. The van der Waals surface area contributed by atoms with Crippen LogP contribution in [0.15, 0.2) is 28.8 Å². The molecular weight excluding hydrogens is 304 g/mol. The maximum atomic E-state index is 13.2. The van der Waals surface area contributed by atoms with Gasteiger partial charge in [-0.1, -0.05) is 17.3 Å². The van der Waals surface area contributed by atoms with Crippen molar-refractivity contribution in [2.75, 3.05) is 13.7 Å². The largest absolute Gasteiger partial charge is 0.496 e. The predicted molar refractivity (Wildman–Crippen MR) is 73.8 cm³/mol. The fourth-order valence-corrected chi connectivity index (χ4v) is 2.21. The highest BCUT2D eigenvalue weighted by molar-refractivity contribution is 5.85. The van der Waals surface area contributed by atoms with Gasteiger partial charge in [0.2, 0.25) is 11.7 Å². The van der Waals surface area contributed by atoms with Crippen molar-refractivity contribution in [3.05, 3.63) is 30.2 Å². The number of aromatic nitrogens is 2. The van der Waals surface area contributed by atoms with Gasteiger partial charge in [-0.05, 0) is 12.1 Å². The minimum absolute atomic E-state index is 0. The van der Waals surface area contributed by atoms with Crippen molar-refractivity contribution >= 4 is 12.4 Å². The van der Waals surface area contributed by atoms with Crippen LogP contribution in [0, 0.1) is 0 Å². The van der Waals surface area contributed by atoms with E-state index < -0.39 is 12.0 Å². The Balaban J connectivity index is 0.00000161. The number of ether oxygens (including phenoxy) is 1. The van der Waals surface area contributed by atoms with E-state index in [4.69, 9.17) is 9.26 Å². The van der Waals surface area contributed by atoms with Gasteiger partial charge in [-0.3, -0.25) is 5.32 Å². The van der Waals surface area contributed by atoms with E-state index in [1.165, 1.54) is 0 Å². The Morgan fingerprint density at radius 2 is 2.14 bits per heavy atom. The highest BCUT2D eigenvalue weighted by atomic mass is 35.5. The molecule has 8 heteroatoms. The summed E-state index contributed by atoms with van der Waals surface area (Å²) in [6.45, 7) is -0.371. The molecule has 5 nitrogen and oxygen atoms in total. The van der Waals surface area contributed by atoms with Crippen LogP contribution in [0.2, 0.25) is 0 Å². The Morgan fingerprint density at radius 1 is 1.38 bits per heavy atom. The Morgan fingerprint density at radius 3 is 2.81 bits per heavy atom. The molecule has 0 radical (unpaired) electrons. The lowest BCUT2D eigenvalue weighted by atomic mass is 10.2. The first-order valence-corrected chi connectivity index (χ1v) is 6.17. The number of hydrogen-bond donors (Lipinski definition) is 1. The number of nitrogens with zero attached hydrogens (tertiary/aromatic N) is 2. The van der Waals surface area contributed by atoms with Crippen LogP contribution in [0.3, 0.4) is 0 Å². The molecule has 0 aliphatic carbocycles. The van der Waals surface area contributed by atoms with Crippen LogP contribution in [0.5, 0.6) is 5.75 Å². The molecule has 1 aromatic carbocycles. The molecule has 1 unspecified atom stereocenters. The zero-order valence-corrected chi connectivity index (χ0v) is 12.0. The molecule has 114 valence electrons. The minimum atomic E-state index is -2.73. The summed E-state index contributed by atoms with van der Waals surface area (Å²) >= 11 is 0. The molecule has 1 aliphatic heterocycles. The summed E-state index contributed by atoms with van der Waals surface area (Å²) in [6.07, 6.45) is -0.333. The summed E-state index contributed by atoms with van der Waals surface area (Å²) in [5, 5.41) is 6.52. The summed E-state index contributed by atoms with van der Waals surface area (Å²) in [5.41, 5.74) is 0.662. The van der Waals surface area contributed by atoms with E-state index >= 15 is 0 Å². The number of methoxy groups -OCH3 is 1. The second kappa shape index (κ2) is 5.95. The predicted octanol–water partition coefficient (Wildman–Crippen LogP) is 2.84. The molecule has 1 fully saturated rings. The Labute approximate surface area is 126 Å². The first-order valence-electron chi connectivity index (χ1n) is 6.17. The fourth-order valence-electron chi connectivity index (χ4n) is 2.21. The number of nitrogens with one attached hydrogen (secondary N) is 1. The lowest BCUT2D eigenvalue weighted by Crippen LogP contribution is -2.19. The van der Waals surface area contributed by atoms with Crippen LogP contribution >= 0.6 is 12.4 Å². The first kappa shape index (κ1) is 15.7. The van der Waals surface area contributed by atoms with Gasteiger partial charge in [-0.15, -0.1) is 12.4 Å². The molecule has 1 aliphatic rings. The van der Waals surface area contributed by atoms with E-state index in [0.29, 0.717) is 17.1 Å². The van der Waals surface area contributed by atoms with E-state index in [1.807, 2.05) is 12.1 Å². The van der Waals surface area contributed by atoms with Gasteiger partial charge < -0.3 is 9.26 Å². The van der Waals surface area contributed by atoms with Crippen LogP contribution in [-0.4, -0.2) is 29.7 Å². The molecule has 21 heavy (non-hydrogen) atoms. The molecule has 1 saturated heterocycles. The quantitative estimate of drug-likeness (QED) is 0.943. The van der Waals surface area contributed by atoms with E-state index in [2.05, 4.69) is 15.5 Å². The van der Waals surface area contributed by atoms with Crippen molar-refractivity contribution in [3.8, 4) is 17.1 Å². The topological polar surface area (TPSA) is 60.2 Å². The van der Waals surface area contributed by atoms with Crippen molar-refractivity contribution in [3.63, 3.8) is 0 Å². The van der Waals surface area contributed by atoms with Gasteiger partial charge in [0.1, 0.15) is 5.75 Å². The molecule has 2 aromatic rings. The van der Waals surface area contributed by atoms with Gasteiger partial charge in [0.05, 0.1) is 25.3 Å². The lowest BCUT2D eigenvalue weighted by Gasteiger charge is -2.05. The lowest BCUT2D eigenvalue weighted by molar-refractivity contribution is 0.0200. The number of halogens is 3. The minimum Gasteiger partial charge on any atom is -0.496 e. The van der Waals surface area contributed by atoms with Crippen molar-refractivity contribution in [1.82, 2.24) is 15.5 Å². The molecule has 0 spiro atoms. The molecule has 3 rings (SSSR count). The van der Waals surface area contributed by atoms with Gasteiger partial charge in [-0.2, -0.15) is 4.98 Å². The third-order valence-electron chi connectivity index (χ3n) is 3.20. The zero-order valence-electron chi connectivity index (χ0n) is 11.2. The molecule has 1 aromatic heterocycles. The van der Waals surface area contributed by atoms with E-state index in [-0.39, 0.29) is 31.3 Å². The monoisotopic (exact) mass is 317 g/mol. The molecule has 1 N–H and O–H groups in total. The van der Waals surface area contributed by atoms with Crippen LogP contribution in [-0.2, 0) is 0 Å². The highest BCUT2D eigenvalue weighted by Gasteiger charge is 2.42. The maximum absolute atomic E-state index is 13.2. The van der Waals surface area contributed by atoms with Crippen LogP contribution in [0.1, 0.15) is 18.4 Å². The normalized spacial score (nSPS) is 20.0. The summed E-state index contributed by atoms with van der Waals surface area (Å²) < 4.78 is 36.6. The van der Waals surface area contributed by atoms with Gasteiger partial charge in [0.15, 0.2) is 0 Å². The number of alkyl halides is 2. The van der Waals surface area contributed by atoms with E-state index in [0.717, 1.165) is 0 Å². The van der Waals surface area contributed by atoms with Gasteiger partial charge in [0, 0.05) is 6.42 Å². The first-order chi connectivity index (χ1) is 9.59. The van der Waals surface area contributed by atoms with Crippen molar-refractivity contribution in [2.45, 2.75) is 18.4 Å². The summed E-state index contributed by atoms with van der Waals surface area (Å²) in [7, 11) is 1.54. The smallest absolute Gasteiger partial charge is 0.262 e. The highest BCUT2D eigenvalue weighted by Crippen LogP contribution is 2.34. The number of para-hydroxylation sites is 1. The third kappa shape index (κ3) is 3.14. The molecular formula is C13H14ClF2N3O2. The van der Waals surface area contributed by atoms with E-state index in [1.54, 1.807) is 19.2 Å². The van der Waals surface area contributed by atoms with Crippen molar-refractivity contribution < 1.29 is 18.0 Å². The molecule has 1 atom stereocenters. The molecule has 2 heterocycles. The maximum Gasteiger partial charge on any atom is 0.262 e. The number of benzene rings is 1. The fraction of sp³-hybridized carbons (Fsp3) is 0.385. The van der Waals surface area contributed by atoms with Crippen molar-refractivity contribution in [2.24, 2.45) is 0 Å². The zero-order chi connectivity index (χ0) is 14.2. The molecule has 0 bridgehead atoms. The number of rotatable bonds is 3. The van der Waals surface area contributed by atoms with Gasteiger partial charge in [-0.25, -0.2) is 8.78 Å². The molecule has 0 amide bonds.